The van der Waals surface area contributed by atoms with Crippen LogP contribution in [0.2, 0.25) is 0 Å². The minimum atomic E-state index is -1.78. The number of carbonyl (C=O) groups is 1. The summed E-state index contributed by atoms with van der Waals surface area (Å²) in [5.41, 5.74) is 1.41. The van der Waals surface area contributed by atoms with E-state index in [1.807, 2.05) is 6.92 Å². The average molecular weight is 310 g/mol. The highest BCUT2D eigenvalue weighted by Crippen LogP contribution is 2.27. The van der Waals surface area contributed by atoms with Gasteiger partial charge in [-0.1, -0.05) is 17.7 Å². The molecule has 0 unspecified atom stereocenters. The molecule has 0 aromatic heterocycles. The molecule has 3 N–H and O–H groups in total. The lowest BCUT2D eigenvalue weighted by Crippen LogP contribution is -2.68. The number of amides is 1. The lowest BCUT2D eigenvalue weighted by molar-refractivity contribution is -0.517. The van der Waals surface area contributed by atoms with Crippen molar-refractivity contribution in [2.75, 3.05) is 11.5 Å². The van der Waals surface area contributed by atoms with Crippen LogP contribution in [0.5, 0.6) is 0 Å². The summed E-state index contributed by atoms with van der Waals surface area (Å²) in [5.74, 6) is -0.452. The second-order valence-corrected chi connectivity index (χ2v) is 5.42. The molecular weight excluding hydrogens is 290 g/mol. The molecule has 7 heteroatoms. The van der Waals surface area contributed by atoms with Gasteiger partial charge in [0.05, 0.1) is 12.6 Å². The predicted octanol–water partition coefficient (Wildman–Crippen LogP) is -1.48. The summed E-state index contributed by atoms with van der Waals surface area (Å²) in [7, 11) is 0. The van der Waals surface area contributed by atoms with Crippen LogP contribution < -0.4 is 10.0 Å². The number of benzene rings is 1. The molecule has 0 radical (unpaired) electrons. The standard InChI is InChI=1S/C15H20NO6/c1-8-3-5-10(6-4-8)16(9(2)18)12-14(20)13(19)11(7-17)22-15(12)21/h3-6,11-15,17,19-20H,7H2,1-2H3/q-1/t11-,12-,13-,14-,15-/m1/s1. The highest BCUT2D eigenvalue weighted by atomic mass is 16.6. The molecule has 22 heavy (non-hydrogen) atoms. The normalized spacial score (nSPS) is 31.8. The third-order valence-corrected chi connectivity index (χ3v) is 3.80. The molecule has 5 atom stereocenters. The molecule has 1 amide bonds. The first-order chi connectivity index (χ1) is 10.4. The first-order valence-corrected chi connectivity index (χ1v) is 7.01. The van der Waals surface area contributed by atoms with Crippen LogP contribution in [0.15, 0.2) is 24.3 Å². The molecule has 1 aliphatic rings. The Morgan fingerprint density at radius 1 is 1.27 bits per heavy atom. The van der Waals surface area contributed by atoms with Crippen LogP contribution in [0.1, 0.15) is 12.5 Å². The zero-order chi connectivity index (χ0) is 16.4. The van der Waals surface area contributed by atoms with Crippen molar-refractivity contribution in [3.63, 3.8) is 0 Å². The molecule has 0 saturated carbocycles. The SMILES string of the molecule is CC(=O)N(c1ccc(C)cc1)[C@@H]1[C@@H](O)[C@H](O)[C@@H](CO)O[C@H]1[O-]. The van der Waals surface area contributed by atoms with Crippen LogP contribution in [-0.4, -0.2) is 58.5 Å². The molecule has 1 heterocycles. The van der Waals surface area contributed by atoms with E-state index in [1.54, 1.807) is 24.3 Å². The summed E-state index contributed by atoms with van der Waals surface area (Å²) in [5, 5.41) is 41.4. The monoisotopic (exact) mass is 310 g/mol. The van der Waals surface area contributed by atoms with E-state index in [-0.39, 0.29) is 0 Å². The summed E-state index contributed by atoms with van der Waals surface area (Å²) < 4.78 is 5.00. The van der Waals surface area contributed by atoms with Crippen molar-refractivity contribution in [2.45, 2.75) is 44.5 Å². The van der Waals surface area contributed by atoms with Crippen molar-refractivity contribution in [3.05, 3.63) is 29.8 Å². The molecule has 122 valence electrons. The number of aliphatic hydroxyl groups excluding tert-OH is 3. The first kappa shape index (κ1) is 16.9. The number of nitrogens with zero attached hydrogens (tertiary/aromatic N) is 1. The van der Waals surface area contributed by atoms with E-state index in [1.165, 1.54) is 6.92 Å². The number of ether oxygens (including phenoxy) is 1. The van der Waals surface area contributed by atoms with Crippen LogP contribution in [0.4, 0.5) is 5.69 Å². The smallest absolute Gasteiger partial charge is 0.224 e. The summed E-state index contributed by atoms with van der Waals surface area (Å²) >= 11 is 0. The first-order valence-electron chi connectivity index (χ1n) is 7.01. The largest absolute Gasteiger partial charge is 0.829 e. The Bertz CT molecular complexity index is 519. The molecule has 1 aromatic carbocycles. The van der Waals surface area contributed by atoms with Gasteiger partial charge in [0, 0.05) is 18.9 Å². The topological polar surface area (TPSA) is 113 Å². The van der Waals surface area contributed by atoms with Gasteiger partial charge in [0.15, 0.2) is 0 Å². The van der Waals surface area contributed by atoms with E-state index in [4.69, 9.17) is 9.84 Å². The fraction of sp³-hybridized carbons (Fsp3) is 0.533. The van der Waals surface area contributed by atoms with E-state index >= 15 is 0 Å². The van der Waals surface area contributed by atoms with Gasteiger partial charge in [-0.15, -0.1) is 0 Å². The van der Waals surface area contributed by atoms with Crippen molar-refractivity contribution in [3.8, 4) is 0 Å². The van der Waals surface area contributed by atoms with E-state index in [2.05, 4.69) is 0 Å². The Labute approximate surface area is 128 Å². The van der Waals surface area contributed by atoms with Crippen molar-refractivity contribution < 1.29 is 30.0 Å². The second kappa shape index (κ2) is 6.72. The van der Waals surface area contributed by atoms with Crippen LogP contribution in [0.3, 0.4) is 0 Å². The maximum Gasteiger partial charge on any atom is 0.224 e. The third-order valence-electron chi connectivity index (χ3n) is 3.80. The van der Waals surface area contributed by atoms with Crippen LogP contribution >= 0.6 is 0 Å². The highest BCUT2D eigenvalue weighted by molar-refractivity contribution is 5.92. The number of carbonyl (C=O) groups excluding carboxylic acids is 1. The summed E-state index contributed by atoms with van der Waals surface area (Å²) in [6, 6.07) is 5.57. The van der Waals surface area contributed by atoms with Gasteiger partial charge in [0.1, 0.15) is 18.3 Å². The molecule has 0 bridgehead atoms. The number of hydrogen-bond donors (Lipinski definition) is 3. The maximum atomic E-state index is 12.2. The average Bonchev–Trinajstić information content (AvgIpc) is 2.48. The summed E-state index contributed by atoms with van der Waals surface area (Å²) in [6.07, 6.45) is -5.91. The number of rotatable bonds is 3. The molecule has 1 fully saturated rings. The molecular formula is C15H20NO6-. The number of aliphatic hydroxyl groups is 3. The second-order valence-electron chi connectivity index (χ2n) is 5.42. The van der Waals surface area contributed by atoms with Gasteiger partial charge in [0.2, 0.25) is 5.91 Å². The van der Waals surface area contributed by atoms with Crippen molar-refractivity contribution in [1.29, 1.82) is 0 Å². The van der Waals surface area contributed by atoms with Crippen molar-refractivity contribution in [1.82, 2.24) is 0 Å². The van der Waals surface area contributed by atoms with E-state index in [0.717, 1.165) is 10.5 Å². The fourth-order valence-electron chi connectivity index (χ4n) is 2.61. The Hall–Kier alpha value is -1.51. The molecule has 2 rings (SSSR count). The number of hydrogen-bond acceptors (Lipinski definition) is 6. The lowest BCUT2D eigenvalue weighted by Gasteiger charge is -2.49. The highest BCUT2D eigenvalue weighted by Gasteiger charge is 2.43. The van der Waals surface area contributed by atoms with E-state index < -0.39 is 43.2 Å². The Morgan fingerprint density at radius 3 is 2.36 bits per heavy atom. The zero-order valence-electron chi connectivity index (χ0n) is 12.4. The van der Waals surface area contributed by atoms with Gasteiger partial charge >= 0.3 is 0 Å². The van der Waals surface area contributed by atoms with Crippen LogP contribution in [-0.2, 0) is 9.53 Å². The van der Waals surface area contributed by atoms with Crippen LogP contribution in [0, 0.1) is 6.92 Å². The molecule has 7 nitrogen and oxygen atoms in total. The fourth-order valence-corrected chi connectivity index (χ4v) is 2.61. The number of anilines is 1. The lowest BCUT2D eigenvalue weighted by atomic mass is 9.95. The molecule has 1 aromatic rings. The predicted molar refractivity (Wildman–Crippen MR) is 75.9 cm³/mol. The minimum Gasteiger partial charge on any atom is -0.829 e. The van der Waals surface area contributed by atoms with Crippen molar-refractivity contribution >= 4 is 11.6 Å². The van der Waals surface area contributed by atoms with E-state index in [0.29, 0.717) is 5.69 Å². The molecule has 0 spiro atoms. The van der Waals surface area contributed by atoms with Gasteiger partial charge < -0.3 is 30.1 Å². The van der Waals surface area contributed by atoms with Gasteiger partial charge in [-0.05, 0) is 19.1 Å². The minimum absolute atomic E-state index is 0.432. The zero-order valence-corrected chi connectivity index (χ0v) is 12.4. The third kappa shape index (κ3) is 3.13. The van der Waals surface area contributed by atoms with Gasteiger partial charge in [-0.3, -0.25) is 4.79 Å². The summed E-state index contributed by atoms with van der Waals surface area (Å²) in [4.78, 5) is 13.1. The molecule has 0 aliphatic carbocycles. The molecule has 1 saturated heterocycles. The van der Waals surface area contributed by atoms with Gasteiger partial charge in [-0.25, -0.2) is 0 Å². The van der Waals surface area contributed by atoms with Gasteiger partial charge in [0.25, 0.3) is 0 Å². The molecule has 1 aliphatic heterocycles. The Morgan fingerprint density at radius 2 is 1.86 bits per heavy atom. The van der Waals surface area contributed by atoms with Gasteiger partial charge in [-0.2, -0.15) is 0 Å². The Balaban J connectivity index is 2.35. The quantitative estimate of drug-likeness (QED) is 0.627. The van der Waals surface area contributed by atoms with Crippen LogP contribution in [0.25, 0.3) is 0 Å². The summed E-state index contributed by atoms with van der Waals surface area (Å²) in [6.45, 7) is 2.56. The van der Waals surface area contributed by atoms with Crippen molar-refractivity contribution in [2.24, 2.45) is 0 Å². The Kier molecular flexibility index (Phi) is 5.15. The van der Waals surface area contributed by atoms with E-state index in [9.17, 15) is 20.1 Å². The maximum absolute atomic E-state index is 12.2. The number of aryl methyl sites for hydroxylation is 1.